The Bertz CT molecular complexity index is 856. The third-order valence-electron chi connectivity index (χ3n) is 4.96. The molecule has 7 nitrogen and oxygen atoms in total. The standard InChI is InChI=1S/C21H25N5O2/c1-24(15-18-6-3-4-8-19(18)28-2)20(27)16-25-10-12-26(13-11-25)21-17(14-22)7-5-9-23-21/h3-9H,10-13,15-16H2,1-2H3. The molecule has 0 radical (unpaired) electrons. The lowest BCUT2D eigenvalue weighted by atomic mass is 10.2. The summed E-state index contributed by atoms with van der Waals surface area (Å²) in [5, 5.41) is 9.25. The van der Waals surface area contributed by atoms with E-state index in [0.717, 1.165) is 43.3 Å². The van der Waals surface area contributed by atoms with E-state index in [2.05, 4.69) is 20.9 Å². The lowest BCUT2D eigenvalue weighted by Crippen LogP contribution is -2.50. The lowest BCUT2D eigenvalue weighted by molar-refractivity contribution is -0.131. The molecular formula is C21H25N5O2. The molecule has 0 saturated carbocycles. The van der Waals surface area contributed by atoms with Crippen molar-refractivity contribution in [1.82, 2.24) is 14.8 Å². The third-order valence-corrected chi connectivity index (χ3v) is 4.96. The van der Waals surface area contributed by atoms with Crippen molar-refractivity contribution in [1.29, 1.82) is 5.26 Å². The van der Waals surface area contributed by atoms with Crippen LogP contribution >= 0.6 is 0 Å². The van der Waals surface area contributed by atoms with E-state index >= 15 is 0 Å². The smallest absolute Gasteiger partial charge is 0.236 e. The van der Waals surface area contributed by atoms with Gasteiger partial charge in [0.15, 0.2) is 0 Å². The number of nitrogens with zero attached hydrogens (tertiary/aromatic N) is 5. The topological polar surface area (TPSA) is 72.7 Å². The van der Waals surface area contributed by atoms with Crippen LogP contribution in [-0.4, -0.2) is 67.6 Å². The number of para-hydroxylation sites is 1. The molecule has 7 heteroatoms. The van der Waals surface area contributed by atoms with Crippen LogP contribution in [0, 0.1) is 11.3 Å². The Morgan fingerprint density at radius 2 is 1.96 bits per heavy atom. The van der Waals surface area contributed by atoms with Crippen LogP contribution in [0.4, 0.5) is 5.82 Å². The molecule has 1 aromatic carbocycles. The van der Waals surface area contributed by atoms with E-state index in [1.54, 1.807) is 30.3 Å². The van der Waals surface area contributed by atoms with Gasteiger partial charge in [0.2, 0.25) is 5.91 Å². The first-order valence-electron chi connectivity index (χ1n) is 9.30. The van der Waals surface area contributed by atoms with Crippen molar-refractivity contribution in [2.45, 2.75) is 6.54 Å². The number of aromatic nitrogens is 1. The number of benzene rings is 1. The molecule has 0 aliphatic carbocycles. The number of amides is 1. The zero-order valence-corrected chi connectivity index (χ0v) is 16.3. The summed E-state index contributed by atoms with van der Waals surface area (Å²) in [6.07, 6.45) is 1.71. The van der Waals surface area contributed by atoms with E-state index < -0.39 is 0 Å². The number of nitriles is 1. The highest BCUT2D eigenvalue weighted by molar-refractivity contribution is 5.78. The fraction of sp³-hybridized carbons (Fsp3) is 0.381. The number of ether oxygens (including phenoxy) is 1. The first-order valence-corrected chi connectivity index (χ1v) is 9.30. The minimum atomic E-state index is 0.0786. The second-order valence-corrected chi connectivity index (χ2v) is 6.81. The van der Waals surface area contributed by atoms with Crippen LogP contribution < -0.4 is 9.64 Å². The molecule has 1 aliphatic rings. The van der Waals surface area contributed by atoms with Gasteiger partial charge in [-0.3, -0.25) is 9.69 Å². The van der Waals surface area contributed by atoms with Crippen molar-refractivity contribution in [3.05, 3.63) is 53.7 Å². The molecule has 28 heavy (non-hydrogen) atoms. The molecule has 1 amide bonds. The molecule has 0 N–H and O–H groups in total. The number of pyridine rings is 1. The van der Waals surface area contributed by atoms with E-state index in [-0.39, 0.29) is 5.91 Å². The molecule has 1 fully saturated rings. The average molecular weight is 379 g/mol. The number of carbonyl (C=O) groups is 1. The van der Waals surface area contributed by atoms with Crippen LogP contribution in [-0.2, 0) is 11.3 Å². The third kappa shape index (κ3) is 4.59. The maximum absolute atomic E-state index is 12.6. The SMILES string of the molecule is COc1ccccc1CN(C)C(=O)CN1CCN(c2ncccc2C#N)CC1. The molecule has 1 saturated heterocycles. The van der Waals surface area contributed by atoms with Gasteiger partial charge in [0, 0.05) is 51.5 Å². The van der Waals surface area contributed by atoms with Crippen LogP contribution in [0.25, 0.3) is 0 Å². The Morgan fingerprint density at radius 3 is 2.68 bits per heavy atom. The Kier molecular flexibility index (Phi) is 6.45. The van der Waals surface area contributed by atoms with Crippen LogP contribution in [0.3, 0.4) is 0 Å². The van der Waals surface area contributed by atoms with Gasteiger partial charge in [-0.25, -0.2) is 4.98 Å². The van der Waals surface area contributed by atoms with Crippen molar-refractivity contribution in [3.63, 3.8) is 0 Å². The first kappa shape index (κ1) is 19.6. The number of rotatable bonds is 6. The maximum atomic E-state index is 12.6. The largest absolute Gasteiger partial charge is 0.496 e. The van der Waals surface area contributed by atoms with Crippen LogP contribution in [0.1, 0.15) is 11.1 Å². The summed E-state index contributed by atoms with van der Waals surface area (Å²) in [4.78, 5) is 23.0. The highest BCUT2D eigenvalue weighted by Crippen LogP contribution is 2.20. The van der Waals surface area contributed by atoms with Gasteiger partial charge in [-0.1, -0.05) is 18.2 Å². The van der Waals surface area contributed by atoms with Gasteiger partial charge in [-0.2, -0.15) is 5.26 Å². The average Bonchev–Trinajstić information content (AvgIpc) is 2.74. The maximum Gasteiger partial charge on any atom is 0.236 e. The van der Waals surface area contributed by atoms with Gasteiger partial charge in [0.05, 0.1) is 19.2 Å². The fourth-order valence-corrected chi connectivity index (χ4v) is 3.34. The van der Waals surface area contributed by atoms with Crippen molar-refractivity contribution in [3.8, 4) is 11.8 Å². The Morgan fingerprint density at radius 1 is 1.21 bits per heavy atom. The molecule has 1 aromatic heterocycles. The summed E-state index contributed by atoms with van der Waals surface area (Å²) in [6.45, 7) is 3.91. The van der Waals surface area contributed by atoms with E-state index in [4.69, 9.17) is 4.74 Å². The highest BCUT2D eigenvalue weighted by atomic mass is 16.5. The number of hydrogen-bond acceptors (Lipinski definition) is 6. The second-order valence-electron chi connectivity index (χ2n) is 6.81. The van der Waals surface area contributed by atoms with E-state index in [1.165, 1.54) is 0 Å². The summed E-state index contributed by atoms with van der Waals surface area (Å²) in [6, 6.07) is 13.5. The lowest BCUT2D eigenvalue weighted by Gasteiger charge is -2.35. The number of anilines is 1. The van der Waals surface area contributed by atoms with E-state index in [0.29, 0.717) is 18.7 Å². The monoisotopic (exact) mass is 379 g/mol. The quantitative estimate of drug-likeness (QED) is 0.761. The normalized spacial score (nSPS) is 14.4. The molecule has 0 unspecified atom stereocenters. The zero-order valence-electron chi connectivity index (χ0n) is 16.3. The number of piperazine rings is 1. The molecule has 1 aliphatic heterocycles. The summed E-state index contributed by atoms with van der Waals surface area (Å²) in [5.41, 5.74) is 1.58. The molecule has 0 atom stereocenters. The van der Waals surface area contributed by atoms with Crippen molar-refractivity contribution < 1.29 is 9.53 Å². The van der Waals surface area contributed by atoms with Crippen LogP contribution in [0.15, 0.2) is 42.6 Å². The minimum absolute atomic E-state index is 0.0786. The Labute approximate surface area is 165 Å². The summed E-state index contributed by atoms with van der Waals surface area (Å²) in [7, 11) is 3.46. The van der Waals surface area contributed by atoms with E-state index in [1.807, 2.05) is 31.3 Å². The van der Waals surface area contributed by atoms with Crippen LogP contribution in [0.2, 0.25) is 0 Å². The van der Waals surface area contributed by atoms with Crippen molar-refractivity contribution in [2.75, 3.05) is 51.8 Å². The zero-order chi connectivity index (χ0) is 19.9. The summed E-state index contributed by atoms with van der Waals surface area (Å²) >= 11 is 0. The Hall–Kier alpha value is -3.11. The van der Waals surface area contributed by atoms with E-state index in [9.17, 15) is 10.1 Å². The molecule has 0 bridgehead atoms. The van der Waals surface area contributed by atoms with Crippen molar-refractivity contribution in [2.24, 2.45) is 0 Å². The highest BCUT2D eigenvalue weighted by Gasteiger charge is 2.23. The molecule has 2 aromatic rings. The minimum Gasteiger partial charge on any atom is -0.496 e. The predicted molar refractivity (Wildman–Crippen MR) is 107 cm³/mol. The molecular weight excluding hydrogens is 354 g/mol. The summed E-state index contributed by atoms with van der Waals surface area (Å²) in [5.74, 6) is 1.60. The van der Waals surface area contributed by atoms with Crippen molar-refractivity contribution >= 4 is 11.7 Å². The molecule has 0 spiro atoms. The van der Waals surface area contributed by atoms with Gasteiger partial charge < -0.3 is 14.5 Å². The number of likely N-dealkylation sites (N-methyl/N-ethyl adjacent to an activating group) is 1. The molecule has 3 rings (SSSR count). The number of methoxy groups -OCH3 is 1. The molecule has 2 heterocycles. The Balaban J connectivity index is 1.53. The van der Waals surface area contributed by atoms with Gasteiger partial charge in [0.25, 0.3) is 0 Å². The van der Waals surface area contributed by atoms with Gasteiger partial charge in [-0.05, 0) is 18.2 Å². The first-order chi connectivity index (χ1) is 13.6. The fourth-order valence-electron chi connectivity index (χ4n) is 3.34. The summed E-state index contributed by atoms with van der Waals surface area (Å²) < 4.78 is 5.37. The second kappa shape index (κ2) is 9.20. The van der Waals surface area contributed by atoms with Crippen LogP contribution in [0.5, 0.6) is 5.75 Å². The van der Waals surface area contributed by atoms with Gasteiger partial charge >= 0.3 is 0 Å². The van der Waals surface area contributed by atoms with Gasteiger partial charge in [-0.15, -0.1) is 0 Å². The predicted octanol–water partition coefficient (Wildman–Crippen LogP) is 1.74. The number of hydrogen-bond donors (Lipinski definition) is 0. The molecule has 146 valence electrons. The number of carbonyl (C=O) groups excluding carboxylic acids is 1. The van der Waals surface area contributed by atoms with Gasteiger partial charge in [0.1, 0.15) is 17.6 Å².